The minimum Gasteiger partial charge on any atom is -0.465 e. The van der Waals surface area contributed by atoms with E-state index in [1.807, 2.05) is 0 Å². The molecule has 0 saturated carbocycles. The first-order valence-corrected chi connectivity index (χ1v) is 7.38. The van der Waals surface area contributed by atoms with Crippen molar-refractivity contribution in [2.24, 2.45) is 5.73 Å². The Morgan fingerprint density at radius 3 is 2.40 bits per heavy atom. The third-order valence-corrected chi connectivity index (χ3v) is 4.15. The summed E-state index contributed by atoms with van der Waals surface area (Å²) >= 11 is 0. The molecule has 2 atom stereocenters. The lowest BCUT2D eigenvalue weighted by Crippen LogP contribution is -2.43. The molecular weight excluding hydrogens is 284 g/mol. The zero-order valence-electron chi connectivity index (χ0n) is 11.2. The summed E-state index contributed by atoms with van der Waals surface area (Å²) in [5.74, 6) is -0.543. The van der Waals surface area contributed by atoms with Crippen LogP contribution in [0.5, 0.6) is 0 Å². The largest absolute Gasteiger partial charge is 0.465 e. The summed E-state index contributed by atoms with van der Waals surface area (Å²) in [5, 5.41) is 9.20. The lowest BCUT2D eigenvalue weighted by atomic mass is 10.2. The number of ether oxygens (including phenoxy) is 1. The highest BCUT2D eigenvalue weighted by Crippen LogP contribution is 2.11. The normalized spacial score (nSPS) is 14.6. The molecule has 20 heavy (non-hydrogen) atoms. The molecule has 0 saturated heterocycles. The molecule has 0 amide bonds. The van der Waals surface area contributed by atoms with Gasteiger partial charge in [0.05, 0.1) is 23.7 Å². The fraction of sp³-hybridized carbons (Fsp3) is 0.417. The first kappa shape index (κ1) is 16.6. The molecule has 0 heterocycles. The summed E-state index contributed by atoms with van der Waals surface area (Å²) in [6, 6.07) is 4.61. The van der Waals surface area contributed by atoms with Crippen LogP contribution in [0.4, 0.5) is 0 Å². The third kappa shape index (κ3) is 4.27. The second kappa shape index (κ2) is 6.80. The number of sulfonamides is 1. The number of carbonyl (C=O) groups is 1. The minimum absolute atomic E-state index is 0.00273. The Morgan fingerprint density at radius 1 is 1.40 bits per heavy atom. The van der Waals surface area contributed by atoms with Gasteiger partial charge in [0, 0.05) is 12.6 Å². The van der Waals surface area contributed by atoms with Crippen LogP contribution in [-0.2, 0) is 14.8 Å². The molecule has 1 aromatic rings. The third-order valence-electron chi connectivity index (χ3n) is 2.71. The zero-order chi connectivity index (χ0) is 15.3. The van der Waals surface area contributed by atoms with E-state index in [-0.39, 0.29) is 17.0 Å². The molecule has 0 aliphatic rings. The molecule has 0 spiro atoms. The highest BCUT2D eigenvalue weighted by Gasteiger charge is 2.18. The summed E-state index contributed by atoms with van der Waals surface area (Å²) in [6.07, 6.45) is -0.820. The smallest absolute Gasteiger partial charge is 0.337 e. The van der Waals surface area contributed by atoms with Crippen molar-refractivity contribution in [2.45, 2.75) is 24.0 Å². The van der Waals surface area contributed by atoms with E-state index in [1.165, 1.54) is 38.3 Å². The molecule has 0 fully saturated rings. The van der Waals surface area contributed by atoms with E-state index in [2.05, 4.69) is 9.46 Å². The molecule has 1 aromatic carbocycles. The number of nitrogens with two attached hydrogens (primary N) is 1. The van der Waals surface area contributed by atoms with Gasteiger partial charge in [0.15, 0.2) is 0 Å². The maximum absolute atomic E-state index is 11.9. The topological polar surface area (TPSA) is 119 Å². The molecule has 1 rings (SSSR count). The Labute approximate surface area is 117 Å². The van der Waals surface area contributed by atoms with E-state index in [4.69, 9.17) is 5.73 Å². The zero-order valence-corrected chi connectivity index (χ0v) is 12.1. The van der Waals surface area contributed by atoms with Gasteiger partial charge >= 0.3 is 5.97 Å². The molecule has 8 heteroatoms. The number of hydrogen-bond acceptors (Lipinski definition) is 6. The van der Waals surface area contributed by atoms with Crippen LogP contribution < -0.4 is 10.5 Å². The monoisotopic (exact) mass is 302 g/mol. The molecule has 0 aliphatic heterocycles. The minimum atomic E-state index is -3.73. The molecular formula is C12H18N2O5S. The number of aliphatic hydroxyl groups is 1. The van der Waals surface area contributed by atoms with Crippen LogP contribution in [0.2, 0.25) is 0 Å². The lowest BCUT2D eigenvalue weighted by Gasteiger charge is -2.15. The molecule has 0 aromatic heterocycles. The van der Waals surface area contributed by atoms with Gasteiger partial charge in [0.2, 0.25) is 10.0 Å². The summed E-state index contributed by atoms with van der Waals surface area (Å²) in [4.78, 5) is 11.2. The van der Waals surface area contributed by atoms with Gasteiger partial charge in [-0.2, -0.15) is 0 Å². The molecule has 0 aliphatic carbocycles. The number of aliphatic hydroxyl groups excluding tert-OH is 1. The van der Waals surface area contributed by atoms with Crippen LogP contribution in [0.25, 0.3) is 0 Å². The molecule has 2 unspecified atom stereocenters. The summed E-state index contributed by atoms with van der Waals surface area (Å²) in [5.41, 5.74) is 5.80. The fourth-order valence-corrected chi connectivity index (χ4v) is 2.42. The van der Waals surface area contributed by atoms with E-state index < -0.39 is 28.1 Å². The first-order chi connectivity index (χ1) is 9.27. The van der Waals surface area contributed by atoms with Crippen molar-refractivity contribution in [2.75, 3.05) is 13.7 Å². The quantitative estimate of drug-likeness (QED) is 0.607. The second-order valence-electron chi connectivity index (χ2n) is 4.27. The number of benzene rings is 1. The highest BCUT2D eigenvalue weighted by molar-refractivity contribution is 7.89. The van der Waals surface area contributed by atoms with Crippen LogP contribution in [0.3, 0.4) is 0 Å². The van der Waals surface area contributed by atoms with Gasteiger partial charge < -0.3 is 15.6 Å². The van der Waals surface area contributed by atoms with E-state index >= 15 is 0 Å². The predicted octanol–water partition coefficient (Wildman–Crippen LogP) is -0.540. The second-order valence-corrected chi connectivity index (χ2v) is 6.04. The Balaban J connectivity index is 2.80. The number of hydrogen-bond donors (Lipinski definition) is 3. The van der Waals surface area contributed by atoms with Gasteiger partial charge in [0.25, 0.3) is 0 Å². The van der Waals surface area contributed by atoms with Crippen LogP contribution in [0.1, 0.15) is 17.3 Å². The molecule has 4 N–H and O–H groups in total. The van der Waals surface area contributed by atoms with Gasteiger partial charge in [-0.3, -0.25) is 0 Å². The van der Waals surface area contributed by atoms with Gasteiger partial charge in [-0.05, 0) is 31.2 Å². The molecule has 0 radical (unpaired) electrons. The number of carbonyl (C=O) groups excluding carboxylic acids is 1. The maximum atomic E-state index is 11.9. The Hall–Kier alpha value is -1.48. The van der Waals surface area contributed by atoms with Crippen molar-refractivity contribution >= 4 is 16.0 Å². The Morgan fingerprint density at radius 2 is 1.95 bits per heavy atom. The average molecular weight is 302 g/mol. The van der Waals surface area contributed by atoms with Gasteiger partial charge in [-0.1, -0.05) is 0 Å². The highest BCUT2D eigenvalue weighted by atomic mass is 32.2. The van der Waals surface area contributed by atoms with Gasteiger partial charge in [-0.25, -0.2) is 17.9 Å². The number of esters is 1. The summed E-state index contributed by atoms with van der Waals surface area (Å²) < 4.78 is 30.7. The van der Waals surface area contributed by atoms with Crippen molar-refractivity contribution in [3.63, 3.8) is 0 Å². The average Bonchev–Trinajstić information content (AvgIpc) is 2.44. The van der Waals surface area contributed by atoms with Crippen LogP contribution in [0.15, 0.2) is 29.2 Å². The molecule has 112 valence electrons. The van der Waals surface area contributed by atoms with Crippen molar-refractivity contribution in [1.82, 2.24) is 4.72 Å². The Bertz CT molecular complexity index is 554. The summed E-state index contributed by atoms with van der Waals surface area (Å²) in [7, 11) is -2.49. The first-order valence-electron chi connectivity index (χ1n) is 5.89. The van der Waals surface area contributed by atoms with Crippen molar-refractivity contribution in [3.8, 4) is 0 Å². The SMILES string of the molecule is COC(=O)c1ccc(S(=O)(=O)NCC(N)C(C)O)cc1. The Kier molecular flexibility index (Phi) is 5.63. The van der Waals surface area contributed by atoms with E-state index in [9.17, 15) is 18.3 Å². The van der Waals surface area contributed by atoms with Crippen LogP contribution >= 0.6 is 0 Å². The van der Waals surface area contributed by atoms with Crippen LogP contribution in [0, 0.1) is 0 Å². The number of nitrogens with one attached hydrogen (secondary N) is 1. The molecule has 0 bridgehead atoms. The lowest BCUT2D eigenvalue weighted by molar-refractivity contribution is 0.0600. The van der Waals surface area contributed by atoms with Crippen molar-refractivity contribution in [3.05, 3.63) is 29.8 Å². The van der Waals surface area contributed by atoms with E-state index in [0.29, 0.717) is 0 Å². The number of rotatable bonds is 6. The maximum Gasteiger partial charge on any atom is 0.337 e. The predicted molar refractivity (Wildman–Crippen MR) is 72.6 cm³/mol. The molecule has 7 nitrogen and oxygen atoms in total. The van der Waals surface area contributed by atoms with Gasteiger partial charge in [0.1, 0.15) is 0 Å². The van der Waals surface area contributed by atoms with Crippen molar-refractivity contribution < 1.29 is 23.1 Å². The fourth-order valence-electron chi connectivity index (χ4n) is 1.35. The summed E-state index contributed by atoms with van der Waals surface area (Å²) in [6.45, 7) is 1.39. The number of methoxy groups -OCH3 is 1. The van der Waals surface area contributed by atoms with E-state index in [0.717, 1.165) is 0 Å². The van der Waals surface area contributed by atoms with E-state index in [1.54, 1.807) is 0 Å². The van der Waals surface area contributed by atoms with Crippen LogP contribution in [-0.4, -0.2) is 45.3 Å². The van der Waals surface area contributed by atoms with Crippen molar-refractivity contribution in [1.29, 1.82) is 0 Å². The van der Waals surface area contributed by atoms with Gasteiger partial charge in [-0.15, -0.1) is 0 Å². The standard InChI is InChI=1S/C12H18N2O5S/c1-8(15)11(13)7-14-20(17,18)10-5-3-9(4-6-10)12(16)19-2/h3-6,8,11,14-15H,7,13H2,1-2H3.